The molecule has 1 fully saturated rings. The Balaban J connectivity index is 2.32. The maximum atomic E-state index is 5.29. The summed E-state index contributed by atoms with van der Waals surface area (Å²) in [6.07, 6.45) is 11.5. The van der Waals surface area contributed by atoms with Gasteiger partial charge >= 0.3 is 0 Å². The van der Waals surface area contributed by atoms with Crippen molar-refractivity contribution in [2.75, 3.05) is 19.6 Å². The van der Waals surface area contributed by atoms with E-state index in [0.717, 1.165) is 18.8 Å². The molecule has 1 unspecified atom stereocenters. The van der Waals surface area contributed by atoms with Gasteiger partial charge in [0.2, 0.25) is 0 Å². The lowest BCUT2D eigenvalue weighted by Crippen LogP contribution is -2.27. The lowest BCUT2D eigenvalue weighted by atomic mass is 9.77. The van der Waals surface area contributed by atoms with Crippen LogP contribution in [0.1, 0.15) is 52.9 Å². The monoisotopic (exact) mass is 221 g/mol. The zero-order valence-corrected chi connectivity index (χ0v) is 11.3. The Labute approximate surface area is 102 Å². The molecule has 0 bridgehead atoms. The molecular formula is C15H27N. The van der Waals surface area contributed by atoms with Gasteiger partial charge in [0.1, 0.15) is 0 Å². The second-order valence-electron chi connectivity index (χ2n) is 6.14. The Morgan fingerprint density at radius 3 is 2.62 bits per heavy atom. The highest BCUT2D eigenvalue weighted by atomic mass is 15.1. The number of hydrogen-bond acceptors (Lipinski definition) is 1. The van der Waals surface area contributed by atoms with E-state index >= 15 is 0 Å². The van der Waals surface area contributed by atoms with Gasteiger partial charge in [-0.25, -0.2) is 0 Å². The van der Waals surface area contributed by atoms with E-state index in [2.05, 4.69) is 31.6 Å². The highest BCUT2D eigenvalue weighted by Gasteiger charge is 2.26. The third-order valence-corrected chi connectivity index (χ3v) is 3.84. The van der Waals surface area contributed by atoms with Crippen LogP contribution in [0, 0.1) is 23.7 Å². The first-order chi connectivity index (χ1) is 7.54. The fourth-order valence-corrected chi connectivity index (χ4v) is 2.65. The van der Waals surface area contributed by atoms with Crippen molar-refractivity contribution in [2.45, 2.75) is 52.9 Å². The zero-order valence-electron chi connectivity index (χ0n) is 11.3. The van der Waals surface area contributed by atoms with Crippen LogP contribution in [0.4, 0.5) is 0 Å². The summed E-state index contributed by atoms with van der Waals surface area (Å²) in [5, 5.41) is 0. The van der Waals surface area contributed by atoms with Crippen molar-refractivity contribution in [3.63, 3.8) is 0 Å². The molecule has 0 amide bonds. The van der Waals surface area contributed by atoms with E-state index in [1.807, 2.05) is 0 Å². The van der Waals surface area contributed by atoms with Crippen molar-refractivity contribution in [1.29, 1.82) is 0 Å². The summed E-state index contributed by atoms with van der Waals surface area (Å²) in [7, 11) is 0. The van der Waals surface area contributed by atoms with Crippen LogP contribution in [0.5, 0.6) is 0 Å². The SMILES string of the molecule is C#CCCCN1CCCC(C(C)(C)C)CC1. The van der Waals surface area contributed by atoms with Gasteiger partial charge in [0.15, 0.2) is 0 Å². The van der Waals surface area contributed by atoms with Crippen molar-refractivity contribution in [3.8, 4) is 12.3 Å². The minimum atomic E-state index is 0.481. The van der Waals surface area contributed by atoms with Crippen LogP contribution in [0.15, 0.2) is 0 Å². The number of rotatable bonds is 3. The first kappa shape index (κ1) is 13.6. The van der Waals surface area contributed by atoms with Gasteiger partial charge in [0.05, 0.1) is 0 Å². The van der Waals surface area contributed by atoms with Gasteiger partial charge in [-0.05, 0) is 56.7 Å². The molecule has 1 aliphatic heterocycles. The van der Waals surface area contributed by atoms with E-state index < -0.39 is 0 Å². The lowest BCUT2D eigenvalue weighted by molar-refractivity contribution is 0.208. The van der Waals surface area contributed by atoms with Crippen molar-refractivity contribution >= 4 is 0 Å². The van der Waals surface area contributed by atoms with E-state index in [9.17, 15) is 0 Å². The molecule has 1 rings (SSSR count). The Hall–Kier alpha value is -0.480. The van der Waals surface area contributed by atoms with E-state index in [1.54, 1.807) is 0 Å². The predicted octanol–water partition coefficient (Wildman–Crippen LogP) is 3.55. The average molecular weight is 221 g/mol. The second kappa shape index (κ2) is 6.30. The quantitative estimate of drug-likeness (QED) is 0.520. The number of nitrogens with zero attached hydrogens (tertiary/aromatic N) is 1. The number of unbranched alkanes of at least 4 members (excludes halogenated alkanes) is 1. The van der Waals surface area contributed by atoms with Gasteiger partial charge in [-0.3, -0.25) is 0 Å². The molecule has 0 aromatic heterocycles. The van der Waals surface area contributed by atoms with Crippen LogP contribution in [0.3, 0.4) is 0 Å². The van der Waals surface area contributed by atoms with E-state index in [0.29, 0.717) is 5.41 Å². The van der Waals surface area contributed by atoms with Crippen molar-refractivity contribution in [1.82, 2.24) is 4.90 Å². The van der Waals surface area contributed by atoms with Crippen LogP contribution in [0.2, 0.25) is 0 Å². The standard InChI is InChI=1S/C15H27N/c1-5-6-7-11-16-12-8-9-14(10-13-16)15(2,3)4/h1,14H,6-13H2,2-4H3. The maximum absolute atomic E-state index is 5.29. The first-order valence-corrected chi connectivity index (χ1v) is 6.70. The minimum Gasteiger partial charge on any atom is -0.303 e. The Morgan fingerprint density at radius 1 is 1.25 bits per heavy atom. The Morgan fingerprint density at radius 2 is 2.00 bits per heavy atom. The largest absolute Gasteiger partial charge is 0.303 e. The third-order valence-electron chi connectivity index (χ3n) is 3.84. The van der Waals surface area contributed by atoms with Crippen LogP contribution in [-0.4, -0.2) is 24.5 Å². The van der Waals surface area contributed by atoms with Crippen LogP contribution in [-0.2, 0) is 0 Å². The van der Waals surface area contributed by atoms with Crippen LogP contribution in [0.25, 0.3) is 0 Å². The highest BCUT2D eigenvalue weighted by molar-refractivity contribution is 4.84. The van der Waals surface area contributed by atoms with E-state index in [4.69, 9.17) is 6.42 Å². The summed E-state index contributed by atoms with van der Waals surface area (Å²) in [4.78, 5) is 2.60. The first-order valence-electron chi connectivity index (χ1n) is 6.70. The molecule has 1 atom stereocenters. The normalized spacial score (nSPS) is 23.8. The van der Waals surface area contributed by atoms with E-state index in [1.165, 1.54) is 38.9 Å². The van der Waals surface area contributed by atoms with Crippen molar-refractivity contribution in [3.05, 3.63) is 0 Å². The molecule has 0 saturated carbocycles. The zero-order chi connectivity index (χ0) is 12.0. The van der Waals surface area contributed by atoms with E-state index in [-0.39, 0.29) is 0 Å². The smallest absolute Gasteiger partial charge is 0.00982 e. The summed E-state index contributed by atoms with van der Waals surface area (Å²) < 4.78 is 0. The van der Waals surface area contributed by atoms with Gasteiger partial charge in [0, 0.05) is 6.42 Å². The van der Waals surface area contributed by atoms with Gasteiger partial charge in [0.25, 0.3) is 0 Å². The van der Waals surface area contributed by atoms with Gasteiger partial charge in [-0.15, -0.1) is 12.3 Å². The van der Waals surface area contributed by atoms with Crippen LogP contribution < -0.4 is 0 Å². The fourth-order valence-electron chi connectivity index (χ4n) is 2.65. The lowest BCUT2D eigenvalue weighted by Gasteiger charge is -2.29. The highest BCUT2D eigenvalue weighted by Crippen LogP contribution is 2.34. The summed E-state index contributed by atoms with van der Waals surface area (Å²) in [5.74, 6) is 3.62. The molecule has 1 aliphatic rings. The Bertz CT molecular complexity index is 231. The van der Waals surface area contributed by atoms with Gasteiger partial charge in [-0.2, -0.15) is 0 Å². The molecule has 0 aromatic rings. The molecule has 1 saturated heterocycles. The molecule has 0 spiro atoms. The molecule has 16 heavy (non-hydrogen) atoms. The molecule has 1 nitrogen and oxygen atoms in total. The summed E-state index contributed by atoms with van der Waals surface area (Å²) in [6.45, 7) is 10.9. The van der Waals surface area contributed by atoms with Crippen molar-refractivity contribution in [2.24, 2.45) is 11.3 Å². The average Bonchev–Trinajstić information content (AvgIpc) is 2.43. The molecule has 92 valence electrons. The molecule has 1 heterocycles. The van der Waals surface area contributed by atoms with Crippen LogP contribution >= 0.6 is 0 Å². The maximum Gasteiger partial charge on any atom is 0.00982 e. The predicted molar refractivity (Wildman–Crippen MR) is 71.3 cm³/mol. The number of likely N-dealkylation sites (tertiary alicyclic amines) is 1. The van der Waals surface area contributed by atoms with Gasteiger partial charge in [-0.1, -0.05) is 20.8 Å². The molecule has 0 N–H and O–H groups in total. The van der Waals surface area contributed by atoms with Crippen molar-refractivity contribution < 1.29 is 0 Å². The third kappa shape index (κ3) is 4.58. The minimum absolute atomic E-state index is 0.481. The molecule has 1 heteroatoms. The molecule has 0 aromatic carbocycles. The second-order valence-corrected chi connectivity index (χ2v) is 6.14. The summed E-state index contributed by atoms with van der Waals surface area (Å²) in [6, 6.07) is 0. The topological polar surface area (TPSA) is 3.24 Å². The number of terminal acetylenes is 1. The number of hydrogen-bond donors (Lipinski definition) is 0. The van der Waals surface area contributed by atoms with Gasteiger partial charge < -0.3 is 4.90 Å². The molecule has 0 aliphatic carbocycles. The summed E-state index contributed by atoms with van der Waals surface area (Å²) >= 11 is 0. The molecular weight excluding hydrogens is 194 g/mol. The summed E-state index contributed by atoms with van der Waals surface area (Å²) in [5.41, 5.74) is 0.481. The molecule has 0 radical (unpaired) electrons. The Kier molecular flexibility index (Phi) is 5.35. The fraction of sp³-hybridized carbons (Fsp3) is 0.867.